The lowest BCUT2D eigenvalue weighted by Crippen LogP contribution is -2.70. The van der Waals surface area contributed by atoms with Crippen molar-refractivity contribution in [2.45, 2.75) is 31.5 Å². The molecule has 0 unspecified atom stereocenters. The Morgan fingerprint density at radius 2 is 2.20 bits per heavy atom. The highest BCUT2D eigenvalue weighted by molar-refractivity contribution is 7.12. The summed E-state index contributed by atoms with van der Waals surface area (Å²) in [4.78, 5) is 24.0. The molecule has 4 atom stereocenters. The van der Waals surface area contributed by atoms with Crippen molar-refractivity contribution in [3.8, 4) is 0 Å². The molecule has 1 aliphatic carbocycles. The third-order valence-electron chi connectivity index (χ3n) is 3.88. The molecule has 0 aromatic carbocycles. The number of ether oxygens (including phenoxy) is 1. The van der Waals surface area contributed by atoms with Crippen LogP contribution in [0.3, 0.4) is 0 Å². The van der Waals surface area contributed by atoms with Crippen LogP contribution in [0.15, 0.2) is 11.4 Å². The molecule has 1 aromatic rings. The van der Waals surface area contributed by atoms with Gasteiger partial charge in [-0.3, -0.25) is 9.59 Å². The summed E-state index contributed by atoms with van der Waals surface area (Å²) in [7, 11) is 0. The Kier molecular flexibility index (Phi) is 3.70. The van der Waals surface area contributed by atoms with Gasteiger partial charge in [0.1, 0.15) is 4.88 Å². The Hall–Kier alpha value is -1.11. The predicted octanol–water partition coefficient (Wildman–Crippen LogP) is 1.42. The summed E-state index contributed by atoms with van der Waals surface area (Å²) in [6, 6.07) is 1.47. The molecule has 108 valence electrons. The van der Waals surface area contributed by atoms with E-state index in [0.717, 1.165) is 6.42 Å². The number of rotatable bonds is 3. The largest absolute Gasteiger partial charge is 0.376 e. The van der Waals surface area contributed by atoms with E-state index in [-0.39, 0.29) is 35.9 Å². The summed E-state index contributed by atoms with van der Waals surface area (Å²) in [5.74, 6) is -0.0254. The van der Waals surface area contributed by atoms with E-state index in [2.05, 4.69) is 10.6 Å². The van der Waals surface area contributed by atoms with E-state index in [9.17, 15) is 9.59 Å². The first-order valence-electron chi connectivity index (χ1n) is 6.50. The number of hydrogen-bond acceptors (Lipinski definition) is 4. The van der Waals surface area contributed by atoms with E-state index in [0.29, 0.717) is 16.5 Å². The zero-order chi connectivity index (χ0) is 14.3. The minimum Gasteiger partial charge on any atom is -0.376 e. The molecule has 1 saturated heterocycles. The molecule has 3 rings (SSSR count). The van der Waals surface area contributed by atoms with Gasteiger partial charge in [-0.1, -0.05) is 11.6 Å². The first-order valence-corrected chi connectivity index (χ1v) is 7.76. The fourth-order valence-corrected chi connectivity index (χ4v) is 4.03. The van der Waals surface area contributed by atoms with Gasteiger partial charge in [-0.15, -0.1) is 11.3 Å². The van der Waals surface area contributed by atoms with Crippen molar-refractivity contribution in [3.05, 3.63) is 21.3 Å². The second kappa shape index (κ2) is 5.35. The summed E-state index contributed by atoms with van der Waals surface area (Å²) in [5, 5.41) is 8.08. The van der Waals surface area contributed by atoms with Crippen LogP contribution in [0.25, 0.3) is 0 Å². The number of nitrogens with one attached hydrogen (secondary N) is 2. The summed E-state index contributed by atoms with van der Waals surface area (Å²) >= 11 is 7.28. The number of carbonyl (C=O) groups excluding carboxylic acids is 2. The first kappa shape index (κ1) is 13.9. The van der Waals surface area contributed by atoms with Crippen LogP contribution < -0.4 is 10.6 Å². The number of carbonyl (C=O) groups is 2. The van der Waals surface area contributed by atoms with Gasteiger partial charge >= 0.3 is 0 Å². The van der Waals surface area contributed by atoms with Crippen molar-refractivity contribution in [3.63, 3.8) is 0 Å². The molecule has 0 radical (unpaired) electrons. The van der Waals surface area contributed by atoms with E-state index in [1.54, 1.807) is 11.4 Å². The quantitative estimate of drug-likeness (QED) is 0.887. The van der Waals surface area contributed by atoms with Gasteiger partial charge in [-0.2, -0.15) is 0 Å². The number of amides is 2. The second-order valence-electron chi connectivity index (χ2n) is 5.11. The Bertz CT molecular complexity index is 547. The highest BCUT2D eigenvalue weighted by Crippen LogP contribution is 2.39. The summed E-state index contributed by atoms with van der Waals surface area (Å²) in [6.45, 7) is 2.15. The summed E-state index contributed by atoms with van der Waals surface area (Å²) in [6.07, 6.45) is 0.923. The van der Waals surface area contributed by atoms with Gasteiger partial charge in [0.25, 0.3) is 5.91 Å². The second-order valence-corrected chi connectivity index (χ2v) is 6.43. The standard InChI is InChI=1S/C13H15ClN2O3S/c1-6(17)15-10-9(7-2-4-19-11(7)10)16-13(18)12-8(14)3-5-20-12/h3,5,7,9-11H,2,4H2,1H3,(H,15,17)(H,16,18)/t7-,9+,10-,11-/m1/s1. The molecule has 2 amide bonds. The molecule has 1 saturated carbocycles. The van der Waals surface area contributed by atoms with Crippen LogP contribution in [0.1, 0.15) is 23.0 Å². The fourth-order valence-electron chi connectivity index (χ4n) is 2.98. The lowest BCUT2D eigenvalue weighted by Gasteiger charge is -2.47. The molecule has 7 heteroatoms. The smallest absolute Gasteiger partial charge is 0.263 e. The SMILES string of the molecule is CC(=O)N[C@@H]1[C@@H](NC(=O)c2sccc2Cl)[C@H]2CCO[C@H]21. The Morgan fingerprint density at radius 1 is 1.40 bits per heavy atom. The highest BCUT2D eigenvalue weighted by atomic mass is 35.5. The van der Waals surface area contributed by atoms with Gasteiger partial charge in [0.2, 0.25) is 5.91 Å². The zero-order valence-corrected chi connectivity index (χ0v) is 12.5. The maximum Gasteiger partial charge on any atom is 0.263 e. The molecule has 0 spiro atoms. The summed E-state index contributed by atoms with van der Waals surface area (Å²) in [5.41, 5.74) is 0. The molecule has 2 fully saturated rings. The van der Waals surface area contributed by atoms with Gasteiger partial charge in [-0.05, 0) is 17.9 Å². The van der Waals surface area contributed by atoms with Gasteiger partial charge < -0.3 is 15.4 Å². The lowest BCUT2D eigenvalue weighted by atomic mass is 9.71. The third kappa shape index (κ3) is 2.32. The minimum atomic E-state index is -0.185. The predicted molar refractivity (Wildman–Crippen MR) is 76.0 cm³/mol. The van der Waals surface area contributed by atoms with E-state index >= 15 is 0 Å². The zero-order valence-electron chi connectivity index (χ0n) is 10.9. The van der Waals surface area contributed by atoms with Crippen LogP contribution in [0, 0.1) is 5.92 Å². The van der Waals surface area contributed by atoms with Crippen molar-refractivity contribution in [1.29, 1.82) is 0 Å². The maximum absolute atomic E-state index is 12.2. The Morgan fingerprint density at radius 3 is 2.85 bits per heavy atom. The molecule has 1 aliphatic heterocycles. The molecular weight excluding hydrogens is 300 g/mol. The number of hydrogen-bond donors (Lipinski definition) is 2. The normalized spacial score (nSPS) is 31.3. The molecule has 5 nitrogen and oxygen atoms in total. The van der Waals surface area contributed by atoms with Gasteiger partial charge in [0.15, 0.2) is 0 Å². The molecular formula is C13H15ClN2O3S. The molecule has 1 aromatic heterocycles. The third-order valence-corrected chi connectivity index (χ3v) is 5.22. The summed E-state index contributed by atoms with van der Waals surface area (Å²) < 4.78 is 5.60. The van der Waals surface area contributed by atoms with Crippen molar-refractivity contribution < 1.29 is 14.3 Å². The number of thiophene rings is 1. The average Bonchev–Trinajstić information content (AvgIpc) is 2.99. The van der Waals surface area contributed by atoms with Crippen LogP contribution in [-0.4, -0.2) is 36.6 Å². The number of fused-ring (bicyclic) bond motifs is 1. The van der Waals surface area contributed by atoms with Gasteiger partial charge in [0, 0.05) is 19.4 Å². The Labute approximate surface area is 125 Å². The topological polar surface area (TPSA) is 67.4 Å². The van der Waals surface area contributed by atoms with Crippen molar-refractivity contribution in [1.82, 2.24) is 10.6 Å². The van der Waals surface area contributed by atoms with Crippen LogP contribution >= 0.6 is 22.9 Å². The van der Waals surface area contributed by atoms with Crippen molar-refractivity contribution in [2.24, 2.45) is 5.92 Å². The molecule has 2 N–H and O–H groups in total. The van der Waals surface area contributed by atoms with Gasteiger partial charge in [-0.25, -0.2) is 0 Å². The highest BCUT2D eigenvalue weighted by Gasteiger charge is 2.55. The molecule has 2 aliphatic rings. The van der Waals surface area contributed by atoms with Crippen LogP contribution in [0.4, 0.5) is 0 Å². The van der Waals surface area contributed by atoms with E-state index in [1.165, 1.54) is 18.3 Å². The van der Waals surface area contributed by atoms with Crippen molar-refractivity contribution in [2.75, 3.05) is 6.61 Å². The maximum atomic E-state index is 12.2. The van der Waals surface area contributed by atoms with E-state index < -0.39 is 0 Å². The van der Waals surface area contributed by atoms with E-state index in [1.807, 2.05) is 0 Å². The number of halogens is 1. The Balaban J connectivity index is 1.70. The van der Waals surface area contributed by atoms with E-state index in [4.69, 9.17) is 16.3 Å². The van der Waals surface area contributed by atoms with Crippen LogP contribution in [-0.2, 0) is 9.53 Å². The molecule has 20 heavy (non-hydrogen) atoms. The minimum absolute atomic E-state index is 0.0167. The van der Waals surface area contributed by atoms with Crippen LogP contribution in [0.5, 0.6) is 0 Å². The molecule has 2 heterocycles. The van der Waals surface area contributed by atoms with Crippen LogP contribution in [0.2, 0.25) is 5.02 Å². The first-order chi connectivity index (χ1) is 9.58. The monoisotopic (exact) mass is 314 g/mol. The lowest BCUT2D eigenvalue weighted by molar-refractivity contribution is -0.123. The average molecular weight is 315 g/mol. The van der Waals surface area contributed by atoms with Crippen molar-refractivity contribution >= 4 is 34.8 Å². The molecule has 0 bridgehead atoms. The fraction of sp³-hybridized carbons (Fsp3) is 0.538. The van der Waals surface area contributed by atoms with Gasteiger partial charge in [0.05, 0.1) is 23.2 Å².